The van der Waals surface area contributed by atoms with Crippen LogP contribution in [-0.2, 0) is 9.53 Å². The van der Waals surface area contributed by atoms with Gasteiger partial charge in [0.1, 0.15) is 6.07 Å². The van der Waals surface area contributed by atoms with Gasteiger partial charge in [-0.15, -0.1) is 0 Å². The number of H-pyrrole nitrogens is 1. The van der Waals surface area contributed by atoms with Gasteiger partial charge in [0.15, 0.2) is 0 Å². The van der Waals surface area contributed by atoms with E-state index in [4.69, 9.17) is 10.00 Å². The van der Waals surface area contributed by atoms with Gasteiger partial charge in [0.2, 0.25) is 11.9 Å². The van der Waals surface area contributed by atoms with Crippen LogP contribution in [-0.4, -0.2) is 74.9 Å². The molecule has 0 bridgehead atoms. The predicted molar refractivity (Wildman–Crippen MR) is 121 cm³/mol. The van der Waals surface area contributed by atoms with Crippen molar-refractivity contribution in [2.24, 2.45) is 0 Å². The van der Waals surface area contributed by atoms with Crippen LogP contribution in [0.5, 0.6) is 0 Å². The fourth-order valence-corrected chi connectivity index (χ4v) is 4.03. The van der Waals surface area contributed by atoms with Gasteiger partial charge in [-0.2, -0.15) is 10.4 Å². The molecule has 4 heterocycles. The van der Waals surface area contributed by atoms with Gasteiger partial charge in [-0.1, -0.05) is 0 Å². The summed E-state index contributed by atoms with van der Waals surface area (Å²) in [6, 6.07) is 1.63. The van der Waals surface area contributed by atoms with E-state index in [1.54, 1.807) is 16.4 Å². The number of aromatic nitrogens is 5. The summed E-state index contributed by atoms with van der Waals surface area (Å²) in [6.07, 6.45) is 2.93. The number of piperazine rings is 1. The lowest BCUT2D eigenvalue weighted by molar-refractivity contribution is -0.132. The van der Waals surface area contributed by atoms with Crippen molar-refractivity contribution >= 4 is 22.8 Å². The summed E-state index contributed by atoms with van der Waals surface area (Å²) in [5, 5.41) is 14.7. The van der Waals surface area contributed by atoms with Crippen molar-refractivity contribution in [1.82, 2.24) is 29.6 Å². The molecule has 35 heavy (non-hydrogen) atoms. The third-order valence-electron chi connectivity index (χ3n) is 5.89. The second-order valence-corrected chi connectivity index (χ2v) is 8.18. The van der Waals surface area contributed by atoms with E-state index in [0.29, 0.717) is 43.2 Å². The molecule has 1 amide bonds. The van der Waals surface area contributed by atoms with Crippen LogP contribution in [0.25, 0.3) is 10.9 Å². The van der Waals surface area contributed by atoms with Crippen LogP contribution >= 0.6 is 0 Å². The number of carbonyl (C=O) groups excluding carboxylic acids is 1. The van der Waals surface area contributed by atoms with E-state index in [1.807, 2.05) is 11.0 Å². The molecule has 1 aliphatic rings. The first-order valence-electron chi connectivity index (χ1n) is 11.1. The molecule has 1 aliphatic heterocycles. The van der Waals surface area contributed by atoms with Crippen molar-refractivity contribution in [3.05, 3.63) is 46.3 Å². The van der Waals surface area contributed by atoms with Crippen LogP contribution in [0.4, 0.5) is 14.7 Å². The number of hydrogen-bond acceptors (Lipinski definition) is 8. The molecular weight excluding hydrogens is 462 g/mol. The smallest absolute Gasteiger partial charge is 0.274 e. The molecule has 0 saturated carbocycles. The van der Waals surface area contributed by atoms with Gasteiger partial charge in [0.05, 0.1) is 60.7 Å². The lowest BCUT2D eigenvalue weighted by Gasteiger charge is -2.34. The molecule has 0 spiro atoms. The molecule has 3 aromatic rings. The van der Waals surface area contributed by atoms with Crippen molar-refractivity contribution in [1.29, 1.82) is 5.26 Å². The van der Waals surface area contributed by atoms with Crippen molar-refractivity contribution in [3.63, 3.8) is 0 Å². The van der Waals surface area contributed by atoms with Crippen LogP contribution in [0.2, 0.25) is 0 Å². The summed E-state index contributed by atoms with van der Waals surface area (Å²) in [6.45, 7) is 4.34. The second-order valence-electron chi connectivity index (χ2n) is 8.18. The number of nitrogens with zero attached hydrogens (tertiary/aromatic N) is 7. The van der Waals surface area contributed by atoms with Crippen molar-refractivity contribution < 1.29 is 18.3 Å². The minimum Gasteiger partial charge on any atom is -0.379 e. The number of rotatable bonds is 8. The number of nitrogens with one attached hydrogen (secondary N) is 1. The average molecular weight is 486 g/mol. The number of amides is 1. The SMILES string of the molecule is CC(COCCC(=O)N1CCN(c2ncc(C#N)cn2)CC1)n1cc(C(F)F)c2c(=O)[nH]ncc21. The Kier molecular flexibility index (Phi) is 7.31. The van der Waals surface area contributed by atoms with Gasteiger partial charge in [-0.05, 0) is 6.92 Å². The predicted octanol–water partition coefficient (Wildman–Crippen LogP) is 1.64. The zero-order valence-corrected chi connectivity index (χ0v) is 19.0. The molecule has 11 nitrogen and oxygen atoms in total. The van der Waals surface area contributed by atoms with Crippen LogP contribution in [0.3, 0.4) is 0 Å². The number of alkyl halides is 2. The van der Waals surface area contributed by atoms with Crippen LogP contribution in [0.15, 0.2) is 29.6 Å². The zero-order valence-electron chi connectivity index (χ0n) is 19.0. The molecule has 1 atom stereocenters. The molecule has 0 aromatic carbocycles. The van der Waals surface area contributed by atoms with E-state index in [0.717, 1.165) is 0 Å². The standard InChI is InChI=1S/C22H24F2N8O3/c1-14(32-12-16(20(23)24)19-17(32)11-28-29-21(19)34)13-35-7-2-18(33)30-3-5-31(6-4-30)22-26-9-15(8-25)10-27-22/h9-12,14,20H,2-7,13H2,1H3,(H,29,34). The highest BCUT2D eigenvalue weighted by Crippen LogP contribution is 2.29. The highest BCUT2D eigenvalue weighted by atomic mass is 19.3. The van der Waals surface area contributed by atoms with Crippen molar-refractivity contribution in [2.75, 3.05) is 44.3 Å². The van der Waals surface area contributed by atoms with Gasteiger partial charge in [0, 0.05) is 37.9 Å². The maximum atomic E-state index is 13.4. The first-order valence-corrected chi connectivity index (χ1v) is 11.1. The molecule has 1 fully saturated rings. The first-order chi connectivity index (χ1) is 16.9. The third kappa shape index (κ3) is 5.27. The Bertz CT molecular complexity index is 1280. The van der Waals surface area contributed by atoms with Crippen LogP contribution in [0, 0.1) is 11.3 Å². The van der Waals surface area contributed by atoms with E-state index in [-0.39, 0.29) is 42.5 Å². The molecule has 13 heteroatoms. The average Bonchev–Trinajstić information content (AvgIpc) is 3.28. The quantitative estimate of drug-likeness (QED) is 0.475. The summed E-state index contributed by atoms with van der Waals surface area (Å²) in [7, 11) is 0. The number of hydrogen-bond donors (Lipinski definition) is 1. The molecular formula is C22H24F2N8O3. The number of fused-ring (bicyclic) bond motifs is 1. The number of anilines is 1. The molecule has 0 radical (unpaired) electrons. The molecule has 1 unspecified atom stereocenters. The monoisotopic (exact) mass is 486 g/mol. The Balaban J connectivity index is 1.25. The summed E-state index contributed by atoms with van der Waals surface area (Å²) >= 11 is 0. The Morgan fingerprint density at radius 3 is 2.60 bits per heavy atom. The summed E-state index contributed by atoms with van der Waals surface area (Å²) in [5.74, 6) is 0.485. The van der Waals surface area contributed by atoms with Gasteiger partial charge in [0.25, 0.3) is 12.0 Å². The largest absolute Gasteiger partial charge is 0.379 e. The Morgan fingerprint density at radius 1 is 1.23 bits per heavy atom. The first kappa shape index (κ1) is 24.2. The van der Waals surface area contributed by atoms with E-state index < -0.39 is 12.0 Å². The number of nitriles is 1. The van der Waals surface area contributed by atoms with E-state index in [9.17, 15) is 18.4 Å². The minimum atomic E-state index is -2.79. The van der Waals surface area contributed by atoms with Gasteiger partial charge in [-0.3, -0.25) is 9.59 Å². The van der Waals surface area contributed by atoms with Crippen molar-refractivity contribution in [3.8, 4) is 6.07 Å². The number of ether oxygens (including phenoxy) is 1. The van der Waals surface area contributed by atoms with Crippen LogP contribution in [0.1, 0.15) is 36.9 Å². The molecule has 3 aromatic heterocycles. The van der Waals surface area contributed by atoms with Crippen molar-refractivity contribution in [2.45, 2.75) is 25.8 Å². The molecule has 4 rings (SSSR count). The summed E-state index contributed by atoms with van der Waals surface area (Å²) in [4.78, 5) is 36.6. The fourth-order valence-electron chi connectivity index (χ4n) is 4.03. The molecule has 184 valence electrons. The number of aromatic amines is 1. The highest BCUT2D eigenvalue weighted by molar-refractivity contribution is 5.82. The molecule has 1 saturated heterocycles. The number of carbonyl (C=O) groups is 1. The summed E-state index contributed by atoms with van der Waals surface area (Å²) in [5.41, 5.74) is -0.320. The Morgan fingerprint density at radius 2 is 1.94 bits per heavy atom. The lowest BCUT2D eigenvalue weighted by Crippen LogP contribution is -2.49. The maximum Gasteiger partial charge on any atom is 0.274 e. The maximum absolute atomic E-state index is 13.4. The Hall–Kier alpha value is -3.92. The van der Waals surface area contributed by atoms with Gasteiger partial charge in [-0.25, -0.2) is 23.8 Å². The topological polar surface area (TPSA) is 133 Å². The van der Waals surface area contributed by atoms with E-state index in [2.05, 4.69) is 20.2 Å². The van der Waals surface area contributed by atoms with E-state index in [1.165, 1.54) is 24.8 Å². The van der Waals surface area contributed by atoms with E-state index >= 15 is 0 Å². The minimum absolute atomic E-state index is 0.0415. The van der Waals surface area contributed by atoms with Gasteiger partial charge >= 0.3 is 0 Å². The van der Waals surface area contributed by atoms with Gasteiger partial charge < -0.3 is 19.1 Å². The normalized spacial score (nSPS) is 14.9. The lowest BCUT2D eigenvalue weighted by atomic mass is 10.2. The molecule has 1 N–H and O–H groups in total. The zero-order chi connectivity index (χ0) is 24.9. The fraction of sp³-hybridized carbons (Fsp3) is 0.455. The highest BCUT2D eigenvalue weighted by Gasteiger charge is 2.23. The van der Waals surface area contributed by atoms with Crippen LogP contribution < -0.4 is 10.5 Å². The number of halogens is 2. The third-order valence-corrected chi connectivity index (χ3v) is 5.89. The molecule has 0 aliphatic carbocycles. The second kappa shape index (κ2) is 10.6. The summed E-state index contributed by atoms with van der Waals surface area (Å²) < 4.78 is 34.0. The Labute approximate surface area is 198 Å².